The quantitative estimate of drug-likeness (QED) is 0.110. The first-order valence-electron chi connectivity index (χ1n) is 13.7. The van der Waals surface area contributed by atoms with Crippen LogP contribution < -0.4 is 0 Å². The highest BCUT2D eigenvalue weighted by Crippen LogP contribution is 2.14. The Morgan fingerprint density at radius 1 is 0.531 bits per heavy atom. The lowest BCUT2D eigenvalue weighted by Crippen LogP contribution is -1.95. The molecule has 0 saturated carbocycles. The third-order valence-electron chi connectivity index (χ3n) is 5.92. The van der Waals surface area contributed by atoms with E-state index in [1.807, 2.05) is 36.5 Å². The molecule has 0 aromatic carbocycles. The van der Waals surface area contributed by atoms with Crippen LogP contribution in [0.1, 0.15) is 142 Å². The Balaban J connectivity index is 3.33. The van der Waals surface area contributed by atoms with E-state index >= 15 is 0 Å². The number of Topliss-reactive ketones (excluding diaryl/α,β-unsaturated/α-hetero) is 2. The average molecular weight is 445 g/mol. The molecule has 0 bridgehead atoms. The number of unbranched alkanes of at least 4 members (excludes halogenated alkanes) is 15. The van der Waals surface area contributed by atoms with Gasteiger partial charge in [0, 0.05) is 19.3 Å². The fourth-order valence-electron chi connectivity index (χ4n) is 3.84. The molecule has 2 nitrogen and oxygen atoms in total. The predicted octanol–water partition coefficient (Wildman–Crippen LogP) is 9.63. The summed E-state index contributed by atoms with van der Waals surface area (Å²) in [5.41, 5.74) is 0. The van der Waals surface area contributed by atoms with E-state index in [9.17, 15) is 9.59 Å². The van der Waals surface area contributed by atoms with Gasteiger partial charge < -0.3 is 4.79 Å². The monoisotopic (exact) mass is 444 g/mol. The Morgan fingerprint density at radius 3 is 1.44 bits per heavy atom. The Labute approximate surface area is 200 Å². The van der Waals surface area contributed by atoms with Crippen LogP contribution >= 0.6 is 0 Å². The van der Waals surface area contributed by atoms with Crippen LogP contribution in [0.3, 0.4) is 0 Å². The van der Waals surface area contributed by atoms with Gasteiger partial charge in [0.25, 0.3) is 0 Å². The number of hydrogen-bond acceptors (Lipinski definition) is 2. The molecular weight excluding hydrogens is 392 g/mol. The maximum absolute atomic E-state index is 11.9. The van der Waals surface area contributed by atoms with Gasteiger partial charge in [-0.15, -0.1) is 0 Å². The van der Waals surface area contributed by atoms with Gasteiger partial charge in [-0.2, -0.15) is 0 Å². The zero-order valence-electron chi connectivity index (χ0n) is 21.4. The second-order valence-corrected chi connectivity index (χ2v) is 9.28. The second kappa shape index (κ2) is 25.8. The molecule has 0 aliphatic heterocycles. The lowest BCUT2D eigenvalue weighted by atomic mass is 10.0. The molecule has 0 aliphatic rings. The van der Waals surface area contributed by atoms with Crippen molar-refractivity contribution < 1.29 is 9.59 Å². The van der Waals surface area contributed by atoms with Crippen molar-refractivity contribution >= 4 is 11.6 Å². The zero-order chi connectivity index (χ0) is 23.5. The minimum atomic E-state index is 0.224. The lowest BCUT2D eigenvalue weighted by Gasteiger charge is -2.03. The van der Waals surface area contributed by atoms with Gasteiger partial charge in [-0.3, -0.25) is 4.79 Å². The topological polar surface area (TPSA) is 34.1 Å². The van der Waals surface area contributed by atoms with Crippen LogP contribution in [-0.2, 0) is 9.59 Å². The van der Waals surface area contributed by atoms with E-state index in [2.05, 4.69) is 6.92 Å². The van der Waals surface area contributed by atoms with Gasteiger partial charge in [-0.05, 0) is 19.8 Å². The van der Waals surface area contributed by atoms with E-state index in [-0.39, 0.29) is 5.78 Å². The summed E-state index contributed by atoms with van der Waals surface area (Å²) in [6.45, 7) is 3.90. The van der Waals surface area contributed by atoms with Gasteiger partial charge in [0.2, 0.25) is 0 Å². The molecule has 0 aromatic heterocycles. The lowest BCUT2D eigenvalue weighted by molar-refractivity contribution is -0.118. The highest BCUT2D eigenvalue weighted by molar-refractivity contribution is 5.79. The summed E-state index contributed by atoms with van der Waals surface area (Å²) in [5, 5.41) is 0. The average Bonchev–Trinajstić information content (AvgIpc) is 2.77. The Hall–Kier alpha value is -1.44. The molecule has 0 radical (unpaired) electrons. The molecule has 0 heterocycles. The molecule has 0 aromatic rings. The fraction of sp³-hybridized carbons (Fsp3) is 0.733. The Kier molecular flexibility index (Phi) is 24.7. The van der Waals surface area contributed by atoms with Crippen molar-refractivity contribution in [1.29, 1.82) is 0 Å². The Bertz CT molecular complexity index is 513. The van der Waals surface area contributed by atoms with Crippen molar-refractivity contribution in [2.45, 2.75) is 142 Å². The molecule has 0 unspecified atom stereocenters. The first kappa shape index (κ1) is 30.6. The smallest absolute Gasteiger partial charge is 0.136 e. The largest absolute Gasteiger partial charge is 0.300 e. The number of carbonyl (C=O) groups excluding carboxylic acids is 2. The van der Waals surface area contributed by atoms with Gasteiger partial charge in [0.05, 0.1) is 0 Å². The van der Waals surface area contributed by atoms with Crippen molar-refractivity contribution in [2.24, 2.45) is 0 Å². The molecule has 0 spiro atoms. The zero-order valence-corrected chi connectivity index (χ0v) is 21.4. The van der Waals surface area contributed by atoms with Crippen LogP contribution in [0.2, 0.25) is 0 Å². The Morgan fingerprint density at radius 2 is 0.969 bits per heavy atom. The standard InChI is InChI=1S/C30H52O2/c1-3-4-5-6-7-8-9-10-11-12-13-14-15-18-21-24-27-30(32)28-25-22-19-16-17-20-23-26-29(2)31/h16-17,19-20,22,25H,3-15,18,21,23-24,26-28H2,1-2H3. The highest BCUT2D eigenvalue weighted by Gasteiger charge is 1.99. The molecule has 0 fully saturated rings. The predicted molar refractivity (Wildman–Crippen MR) is 141 cm³/mol. The first-order chi connectivity index (χ1) is 15.7. The van der Waals surface area contributed by atoms with Crippen LogP contribution in [0, 0.1) is 0 Å². The summed E-state index contributed by atoms with van der Waals surface area (Å²) in [5.74, 6) is 0.568. The van der Waals surface area contributed by atoms with Crippen molar-refractivity contribution in [3.05, 3.63) is 36.5 Å². The van der Waals surface area contributed by atoms with E-state index in [1.165, 1.54) is 96.3 Å². The minimum absolute atomic E-state index is 0.224. The molecule has 0 atom stereocenters. The highest BCUT2D eigenvalue weighted by atomic mass is 16.1. The molecule has 0 amide bonds. The summed E-state index contributed by atoms with van der Waals surface area (Å²) in [4.78, 5) is 22.7. The molecule has 0 aliphatic carbocycles. The summed E-state index contributed by atoms with van der Waals surface area (Å²) >= 11 is 0. The van der Waals surface area contributed by atoms with Crippen molar-refractivity contribution in [2.75, 3.05) is 0 Å². The summed E-state index contributed by atoms with van der Waals surface area (Å²) in [7, 11) is 0. The third-order valence-corrected chi connectivity index (χ3v) is 5.92. The van der Waals surface area contributed by atoms with Crippen molar-refractivity contribution in [3.63, 3.8) is 0 Å². The van der Waals surface area contributed by atoms with Crippen molar-refractivity contribution in [1.82, 2.24) is 0 Å². The number of hydrogen-bond donors (Lipinski definition) is 0. The van der Waals surface area contributed by atoms with E-state index in [0.29, 0.717) is 18.6 Å². The third kappa shape index (κ3) is 26.6. The second-order valence-electron chi connectivity index (χ2n) is 9.28. The maximum atomic E-state index is 11.9. The minimum Gasteiger partial charge on any atom is -0.300 e. The normalized spacial score (nSPS) is 11.9. The summed E-state index contributed by atoms with van der Waals surface area (Å²) < 4.78 is 0. The van der Waals surface area contributed by atoms with Crippen LogP contribution in [0.5, 0.6) is 0 Å². The molecular formula is C30H52O2. The molecule has 2 heteroatoms. The van der Waals surface area contributed by atoms with E-state index < -0.39 is 0 Å². The van der Waals surface area contributed by atoms with Gasteiger partial charge in [0.15, 0.2) is 0 Å². The van der Waals surface area contributed by atoms with Gasteiger partial charge in [0.1, 0.15) is 11.6 Å². The molecule has 184 valence electrons. The number of ketones is 2. The van der Waals surface area contributed by atoms with Crippen LogP contribution in [0.4, 0.5) is 0 Å². The molecule has 0 N–H and O–H groups in total. The summed E-state index contributed by atoms with van der Waals surface area (Å²) in [6.07, 6.45) is 36.1. The molecule has 0 saturated heterocycles. The van der Waals surface area contributed by atoms with E-state index in [1.54, 1.807) is 6.92 Å². The molecule has 32 heavy (non-hydrogen) atoms. The van der Waals surface area contributed by atoms with E-state index in [0.717, 1.165) is 19.3 Å². The number of rotatable bonds is 24. The fourth-order valence-corrected chi connectivity index (χ4v) is 3.84. The first-order valence-corrected chi connectivity index (χ1v) is 13.7. The van der Waals surface area contributed by atoms with Gasteiger partial charge >= 0.3 is 0 Å². The van der Waals surface area contributed by atoms with Gasteiger partial charge in [-0.1, -0.05) is 140 Å². The van der Waals surface area contributed by atoms with Crippen LogP contribution in [-0.4, -0.2) is 11.6 Å². The maximum Gasteiger partial charge on any atom is 0.136 e. The molecule has 0 rings (SSSR count). The number of carbonyl (C=O) groups is 2. The number of allylic oxidation sites excluding steroid dienone is 6. The van der Waals surface area contributed by atoms with Crippen LogP contribution in [0.15, 0.2) is 36.5 Å². The summed E-state index contributed by atoms with van der Waals surface area (Å²) in [6, 6.07) is 0. The van der Waals surface area contributed by atoms with Crippen molar-refractivity contribution in [3.8, 4) is 0 Å². The van der Waals surface area contributed by atoms with Crippen LogP contribution in [0.25, 0.3) is 0 Å². The SMILES string of the molecule is CCCCCCCCCCCCCCCCCCC(=O)CC=CC=CC=CCCC(C)=O. The van der Waals surface area contributed by atoms with E-state index in [4.69, 9.17) is 0 Å². The van der Waals surface area contributed by atoms with Gasteiger partial charge in [-0.25, -0.2) is 0 Å².